The Bertz CT molecular complexity index is 1560. The molecule has 7 rings (SSSR count). The largest absolute Gasteiger partial charge is 0.180 e. The van der Waals surface area contributed by atoms with Crippen molar-refractivity contribution in [1.82, 2.24) is 0 Å². The van der Waals surface area contributed by atoms with Crippen molar-refractivity contribution in [3.05, 3.63) is 158 Å². The van der Waals surface area contributed by atoms with Gasteiger partial charge in [-0.15, -0.1) is 0 Å². The summed E-state index contributed by atoms with van der Waals surface area (Å²) in [7, 11) is -2.47. The number of fused-ring (bicyclic) bond motifs is 3. The van der Waals surface area contributed by atoms with Crippen molar-refractivity contribution >= 4 is 28.8 Å². The average molecular weight is 487 g/mol. The SMILES string of the molecule is c1ccc(-c2ccc3c(c2)-c2cc(-c4ccccc4)ccc2[Si]3(c2ccccc2)c2ccccc2)cc1. The minimum Gasteiger partial charge on any atom is -0.0623 e. The Kier molecular flexibility index (Phi) is 5.23. The fourth-order valence-electron chi connectivity index (χ4n) is 6.12. The molecule has 0 saturated carbocycles. The van der Waals surface area contributed by atoms with Gasteiger partial charge in [0.25, 0.3) is 0 Å². The lowest BCUT2D eigenvalue weighted by atomic mass is 9.96. The minimum absolute atomic E-state index is 1.25. The van der Waals surface area contributed by atoms with Crippen LogP contribution in [-0.2, 0) is 0 Å². The van der Waals surface area contributed by atoms with Crippen LogP contribution in [0.2, 0.25) is 0 Å². The van der Waals surface area contributed by atoms with E-state index in [1.54, 1.807) is 0 Å². The number of rotatable bonds is 4. The van der Waals surface area contributed by atoms with Crippen LogP contribution in [0.1, 0.15) is 0 Å². The Morgan fingerprint density at radius 3 is 1.03 bits per heavy atom. The van der Waals surface area contributed by atoms with Gasteiger partial charge in [-0.1, -0.05) is 146 Å². The van der Waals surface area contributed by atoms with Crippen molar-refractivity contribution in [1.29, 1.82) is 0 Å². The molecule has 0 bridgehead atoms. The zero-order valence-electron chi connectivity index (χ0n) is 20.5. The number of benzene rings is 6. The maximum Gasteiger partial charge on any atom is 0.180 e. The summed E-state index contributed by atoms with van der Waals surface area (Å²) in [6.07, 6.45) is 0. The topological polar surface area (TPSA) is 0 Å². The van der Waals surface area contributed by atoms with Crippen molar-refractivity contribution in [3.63, 3.8) is 0 Å². The van der Waals surface area contributed by atoms with Crippen molar-refractivity contribution < 1.29 is 0 Å². The molecule has 1 heterocycles. The van der Waals surface area contributed by atoms with Gasteiger partial charge >= 0.3 is 0 Å². The Labute approximate surface area is 219 Å². The van der Waals surface area contributed by atoms with Crippen LogP contribution in [0.5, 0.6) is 0 Å². The molecule has 0 aromatic heterocycles. The zero-order valence-corrected chi connectivity index (χ0v) is 21.5. The lowest BCUT2D eigenvalue weighted by molar-refractivity contribution is 1.61. The molecule has 0 aliphatic carbocycles. The lowest BCUT2D eigenvalue weighted by Gasteiger charge is -2.31. The fraction of sp³-hybridized carbons (Fsp3) is 0. The number of hydrogen-bond acceptors (Lipinski definition) is 0. The van der Waals surface area contributed by atoms with E-state index in [2.05, 4.69) is 158 Å². The van der Waals surface area contributed by atoms with E-state index in [-0.39, 0.29) is 0 Å². The lowest BCUT2D eigenvalue weighted by Crippen LogP contribution is -2.72. The van der Waals surface area contributed by atoms with Gasteiger partial charge in [-0.3, -0.25) is 0 Å². The van der Waals surface area contributed by atoms with Crippen LogP contribution in [0, 0.1) is 0 Å². The molecule has 6 aromatic carbocycles. The third kappa shape index (κ3) is 3.43. The Balaban J connectivity index is 1.57. The quantitative estimate of drug-likeness (QED) is 0.253. The predicted octanol–water partition coefficient (Wildman–Crippen LogP) is 6.38. The van der Waals surface area contributed by atoms with Crippen molar-refractivity contribution in [2.24, 2.45) is 0 Å². The zero-order chi connectivity index (χ0) is 24.7. The Morgan fingerprint density at radius 2 is 0.649 bits per heavy atom. The fourth-order valence-corrected chi connectivity index (χ4v) is 11.3. The molecule has 0 radical (unpaired) electrons. The summed E-state index contributed by atoms with van der Waals surface area (Å²) in [6, 6.07) is 58.2. The van der Waals surface area contributed by atoms with E-state index >= 15 is 0 Å². The van der Waals surface area contributed by atoms with Crippen molar-refractivity contribution in [2.75, 3.05) is 0 Å². The Morgan fingerprint density at radius 1 is 0.297 bits per heavy atom. The summed E-state index contributed by atoms with van der Waals surface area (Å²) >= 11 is 0. The molecule has 0 atom stereocenters. The van der Waals surface area contributed by atoms with Gasteiger partial charge in [0.2, 0.25) is 0 Å². The van der Waals surface area contributed by atoms with Crippen molar-refractivity contribution in [3.8, 4) is 33.4 Å². The van der Waals surface area contributed by atoms with E-state index in [0.717, 1.165) is 0 Å². The second-order valence-corrected chi connectivity index (χ2v) is 13.5. The van der Waals surface area contributed by atoms with E-state index in [1.165, 1.54) is 54.1 Å². The molecule has 1 heteroatoms. The first-order valence-electron chi connectivity index (χ1n) is 12.9. The van der Waals surface area contributed by atoms with E-state index in [4.69, 9.17) is 0 Å². The smallest absolute Gasteiger partial charge is 0.0623 e. The molecule has 0 amide bonds. The van der Waals surface area contributed by atoms with E-state index in [9.17, 15) is 0 Å². The molecule has 37 heavy (non-hydrogen) atoms. The van der Waals surface area contributed by atoms with Gasteiger partial charge < -0.3 is 0 Å². The highest BCUT2D eigenvalue weighted by molar-refractivity contribution is 7.22. The number of hydrogen-bond donors (Lipinski definition) is 0. The molecule has 0 N–H and O–H groups in total. The second kappa shape index (κ2) is 8.88. The molecule has 0 spiro atoms. The molecule has 1 aliphatic rings. The first-order valence-corrected chi connectivity index (χ1v) is 14.9. The molecule has 1 aliphatic heterocycles. The maximum absolute atomic E-state index is 2.47. The van der Waals surface area contributed by atoms with E-state index in [1.807, 2.05) is 0 Å². The summed E-state index contributed by atoms with van der Waals surface area (Å²) in [5.74, 6) is 0. The van der Waals surface area contributed by atoms with Gasteiger partial charge in [0.15, 0.2) is 8.07 Å². The van der Waals surface area contributed by atoms with Gasteiger partial charge in [-0.05, 0) is 66.3 Å². The van der Waals surface area contributed by atoms with Crippen LogP contribution in [-0.4, -0.2) is 8.07 Å². The van der Waals surface area contributed by atoms with Crippen LogP contribution in [0.4, 0.5) is 0 Å². The second-order valence-electron chi connectivity index (χ2n) is 9.73. The summed E-state index contributed by atoms with van der Waals surface area (Å²) < 4.78 is 0. The van der Waals surface area contributed by atoms with Crippen LogP contribution >= 0.6 is 0 Å². The summed E-state index contributed by atoms with van der Waals surface area (Å²) in [6.45, 7) is 0. The Hall–Kier alpha value is -4.46. The van der Waals surface area contributed by atoms with Gasteiger partial charge in [-0.2, -0.15) is 0 Å². The maximum atomic E-state index is 2.43. The highest BCUT2D eigenvalue weighted by Crippen LogP contribution is 2.34. The highest BCUT2D eigenvalue weighted by atomic mass is 28.3. The summed E-state index contributed by atoms with van der Waals surface area (Å²) in [5.41, 5.74) is 7.78. The van der Waals surface area contributed by atoms with Gasteiger partial charge in [0, 0.05) is 0 Å². The monoisotopic (exact) mass is 486 g/mol. The molecule has 0 unspecified atom stereocenters. The average Bonchev–Trinajstić information content (AvgIpc) is 3.29. The third-order valence-corrected chi connectivity index (χ3v) is 12.7. The molecule has 0 nitrogen and oxygen atoms in total. The summed E-state index contributed by atoms with van der Waals surface area (Å²) in [4.78, 5) is 0. The molecular formula is C36H26Si. The third-order valence-electron chi connectivity index (χ3n) is 7.77. The van der Waals surface area contributed by atoms with E-state index < -0.39 is 8.07 Å². The normalized spacial score (nSPS) is 13.1. The van der Waals surface area contributed by atoms with Crippen molar-refractivity contribution in [2.45, 2.75) is 0 Å². The van der Waals surface area contributed by atoms with E-state index in [0.29, 0.717) is 0 Å². The van der Waals surface area contributed by atoms with Gasteiger partial charge in [-0.25, -0.2) is 0 Å². The molecule has 174 valence electrons. The van der Waals surface area contributed by atoms with Gasteiger partial charge in [0.1, 0.15) is 0 Å². The first kappa shape index (κ1) is 21.8. The highest BCUT2D eigenvalue weighted by Gasteiger charge is 2.48. The molecule has 6 aromatic rings. The standard InChI is InChI=1S/C36H26Si/c1-5-13-27(14-6-1)29-21-23-35-33(25-29)34-26-30(28-15-7-2-8-16-28)22-24-36(34)37(35,31-17-9-3-10-18-31)32-19-11-4-12-20-32/h1-26H. The minimum atomic E-state index is -2.47. The van der Waals surface area contributed by atoms with Gasteiger partial charge in [0.05, 0.1) is 0 Å². The summed E-state index contributed by atoms with van der Waals surface area (Å²) in [5, 5.41) is 5.82. The van der Waals surface area contributed by atoms with Crippen LogP contribution in [0.25, 0.3) is 33.4 Å². The molecule has 0 saturated heterocycles. The van der Waals surface area contributed by atoms with Crippen LogP contribution < -0.4 is 20.7 Å². The first-order chi connectivity index (χ1) is 18.4. The molecule has 0 fully saturated rings. The predicted molar refractivity (Wildman–Crippen MR) is 160 cm³/mol. The molecular weight excluding hydrogens is 460 g/mol. The van der Waals surface area contributed by atoms with Crippen LogP contribution in [0.15, 0.2) is 158 Å². The van der Waals surface area contributed by atoms with Crippen LogP contribution in [0.3, 0.4) is 0 Å².